The molecule has 1 saturated heterocycles. The fourth-order valence-corrected chi connectivity index (χ4v) is 4.26. The smallest absolute Gasteiger partial charge is 0.119 e. The number of hydrogen-bond donors (Lipinski definition) is 1. The first-order valence-electron chi connectivity index (χ1n) is 9.26. The van der Waals surface area contributed by atoms with Gasteiger partial charge in [0.15, 0.2) is 0 Å². The number of hydrogen-bond acceptors (Lipinski definition) is 4. The van der Waals surface area contributed by atoms with Crippen molar-refractivity contribution >= 4 is 0 Å². The van der Waals surface area contributed by atoms with Crippen molar-refractivity contribution in [3.05, 3.63) is 47.3 Å². The molecule has 0 radical (unpaired) electrons. The van der Waals surface area contributed by atoms with Crippen molar-refractivity contribution < 1.29 is 9.47 Å². The Kier molecular flexibility index (Phi) is 4.77. The molecule has 2 aromatic rings. The lowest BCUT2D eigenvalue weighted by Gasteiger charge is -2.33. The Balaban J connectivity index is 1.45. The number of nitrogens with one attached hydrogen (secondary N) is 1. The highest BCUT2D eigenvalue weighted by Gasteiger charge is 2.31. The molecule has 0 amide bonds. The van der Waals surface area contributed by atoms with Gasteiger partial charge in [-0.25, -0.2) is 0 Å². The summed E-state index contributed by atoms with van der Waals surface area (Å²) < 4.78 is 13.5. The topological polar surface area (TPSA) is 48.3 Å². The van der Waals surface area contributed by atoms with Gasteiger partial charge in [0.05, 0.1) is 12.8 Å². The molecule has 1 fully saturated rings. The van der Waals surface area contributed by atoms with Gasteiger partial charge in [0.2, 0.25) is 0 Å². The van der Waals surface area contributed by atoms with E-state index < -0.39 is 0 Å². The number of methoxy groups -OCH3 is 1. The second-order valence-corrected chi connectivity index (χ2v) is 7.14. The van der Waals surface area contributed by atoms with Gasteiger partial charge in [-0.3, -0.25) is 4.68 Å². The summed E-state index contributed by atoms with van der Waals surface area (Å²) >= 11 is 0. The lowest BCUT2D eigenvalue weighted by molar-refractivity contribution is -0.0329. The molecular formula is C20H27N3O2. The molecule has 0 bridgehead atoms. The minimum absolute atomic E-state index is 0.139. The van der Waals surface area contributed by atoms with E-state index in [0.717, 1.165) is 38.2 Å². The lowest BCUT2D eigenvalue weighted by Crippen LogP contribution is -2.34. The molecule has 1 aromatic carbocycles. The number of fused-ring (bicyclic) bond motifs is 1. The van der Waals surface area contributed by atoms with Crippen LogP contribution in [0.1, 0.15) is 48.2 Å². The molecule has 1 aliphatic carbocycles. The highest BCUT2D eigenvalue weighted by molar-refractivity contribution is 5.40. The van der Waals surface area contributed by atoms with Gasteiger partial charge in [0.1, 0.15) is 11.9 Å². The third-order valence-corrected chi connectivity index (χ3v) is 5.65. The Morgan fingerprint density at radius 2 is 2.24 bits per heavy atom. The van der Waals surface area contributed by atoms with E-state index >= 15 is 0 Å². The number of aromatic nitrogens is 2. The van der Waals surface area contributed by atoms with Crippen molar-refractivity contribution in [1.82, 2.24) is 15.1 Å². The first-order valence-corrected chi connectivity index (χ1v) is 9.26. The fraction of sp³-hybridized carbons (Fsp3) is 0.550. The van der Waals surface area contributed by atoms with Gasteiger partial charge in [-0.2, -0.15) is 5.10 Å². The quantitative estimate of drug-likeness (QED) is 0.907. The zero-order chi connectivity index (χ0) is 17.2. The maximum Gasteiger partial charge on any atom is 0.119 e. The number of aryl methyl sites for hydroxylation is 2. The number of rotatable bonds is 5. The van der Waals surface area contributed by atoms with Crippen molar-refractivity contribution in [3.63, 3.8) is 0 Å². The molecule has 2 aliphatic rings. The van der Waals surface area contributed by atoms with Crippen LogP contribution in [-0.2, 0) is 18.2 Å². The van der Waals surface area contributed by atoms with E-state index in [1.165, 1.54) is 23.2 Å². The van der Waals surface area contributed by atoms with E-state index in [0.29, 0.717) is 12.0 Å². The van der Waals surface area contributed by atoms with Gasteiger partial charge in [0, 0.05) is 38.4 Å². The summed E-state index contributed by atoms with van der Waals surface area (Å²) in [5, 5.41) is 8.12. The third-order valence-electron chi connectivity index (χ3n) is 5.65. The van der Waals surface area contributed by atoms with Crippen molar-refractivity contribution in [2.45, 2.75) is 37.8 Å². The highest BCUT2D eigenvalue weighted by Crippen LogP contribution is 2.36. The average Bonchev–Trinajstić information content (AvgIpc) is 3.25. The first-order chi connectivity index (χ1) is 12.3. The lowest BCUT2D eigenvalue weighted by atomic mass is 9.91. The predicted molar refractivity (Wildman–Crippen MR) is 96.7 cm³/mol. The molecule has 5 nitrogen and oxygen atoms in total. The summed E-state index contributed by atoms with van der Waals surface area (Å²) in [5.41, 5.74) is 4.02. The maximum absolute atomic E-state index is 6.12. The molecule has 0 saturated carbocycles. The van der Waals surface area contributed by atoms with Crippen LogP contribution in [0.25, 0.3) is 0 Å². The van der Waals surface area contributed by atoms with Gasteiger partial charge in [-0.1, -0.05) is 6.07 Å². The molecule has 3 atom stereocenters. The highest BCUT2D eigenvalue weighted by atomic mass is 16.5. The van der Waals surface area contributed by atoms with Crippen molar-refractivity contribution in [2.75, 3.05) is 20.3 Å². The van der Waals surface area contributed by atoms with Crippen LogP contribution < -0.4 is 10.1 Å². The first kappa shape index (κ1) is 16.6. The zero-order valence-electron chi connectivity index (χ0n) is 15.1. The second-order valence-electron chi connectivity index (χ2n) is 7.14. The Morgan fingerprint density at radius 3 is 3.04 bits per heavy atom. The Morgan fingerprint density at radius 1 is 1.32 bits per heavy atom. The zero-order valence-corrected chi connectivity index (χ0v) is 15.1. The summed E-state index contributed by atoms with van der Waals surface area (Å²) in [6, 6.07) is 8.96. The molecular weight excluding hydrogens is 314 g/mol. The van der Waals surface area contributed by atoms with Gasteiger partial charge in [0.25, 0.3) is 0 Å². The van der Waals surface area contributed by atoms with Crippen molar-refractivity contribution in [3.8, 4) is 5.75 Å². The van der Waals surface area contributed by atoms with Crippen LogP contribution in [0.4, 0.5) is 0 Å². The molecule has 1 N–H and O–H groups in total. The third kappa shape index (κ3) is 3.31. The van der Waals surface area contributed by atoms with Gasteiger partial charge in [-0.05, 0) is 55.0 Å². The van der Waals surface area contributed by atoms with E-state index in [9.17, 15) is 0 Å². The largest absolute Gasteiger partial charge is 0.497 e. The van der Waals surface area contributed by atoms with Gasteiger partial charge in [-0.15, -0.1) is 0 Å². The minimum atomic E-state index is 0.139. The second kappa shape index (κ2) is 7.18. The molecule has 134 valence electrons. The Hall–Kier alpha value is -1.85. The summed E-state index contributed by atoms with van der Waals surface area (Å²) in [6.45, 7) is 1.81. The van der Waals surface area contributed by atoms with Crippen LogP contribution in [-0.4, -0.2) is 30.0 Å². The molecule has 5 heteroatoms. The Bertz CT molecular complexity index is 727. The summed E-state index contributed by atoms with van der Waals surface area (Å²) in [6.07, 6.45) is 6.63. The van der Waals surface area contributed by atoms with E-state index in [1.54, 1.807) is 7.11 Å². The van der Waals surface area contributed by atoms with Crippen LogP contribution in [0.15, 0.2) is 30.5 Å². The fourth-order valence-electron chi connectivity index (χ4n) is 4.26. The van der Waals surface area contributed by atoms with E-state index in [2.05, 4.69) is 34.7 Å². The molecule has 1 aromatic heterocycles. The van der Waals surface area contributed by atoms with E-state index in [4.69, 9.17) is 9.47 Å². The monoisotopic (exact) mass is 341 g/mol. The standard InChI is InChI=1S/C20H27N3O2/c1-23-19(9-10-22-23)20-15(4-3-11-25-20)13-21-18-8-6-14-5-7-16(24-2)12-17(14)18/h5,7,9-10,12,15,18,20-21H,3-4,6,8,11,13H2,1-2H3/t15-,18?,20+/m0/s1. The molecule has 1 unspecified atom stereocenters. The average molecular weight is 341 g/mol. The van der Waals surface area contributed by atoms with Crippen molar-refractivity contribution in [1.29, 1.82) is 0 Å². The van der Waals surface area contributed by atoms with Crippen LogP contribution in [0.5, 0.6) is 5.75 Å². The van der Waals surface area contributed by atoms with Gasteiger partial charge >= 0.3 is 0 Å². The van der Waals surface area contributed by atoms with E-state index in [1.807, 2.05) is 17.9 Å². The molecule has 1 aliphatic heterocycles. The summed E-state index contributed by atoms with van der Waals surface area (Å²) in [7, 11) is 3.73. The van der Waals surface area contributed by atoms with Crippen LogP contribution in [0.2, 0.25) is 0 Å². The Labute approximate surface area is 149 Å². The van der Waals surface area contributed by atoms with Gasteiger partial charge < -0.3 is 14.8 Å². The molecule has 2 heterocycles. The predicted octanol–water partition coefficient (Wildman–Crippen LogP) is 3.17. The van der Waals surface area contributed by atoms with Crippen molar-refractivity contribution in [2.24, 2.45) is 13.0 Å². The number of benzene rings is 1. The summed E-state index contributed by atoms with van der Waals surface area (Å²) in [5.74, 6) is 1.43. The van der Waals surface area contributed by atoms with Crippen LogP contribution >= 0.6 is 0 Å². The molecule has 0 spiro atoms. The van der Waals surface area contributed by atoms with E-state index in [-0.39, 0.29) is 6.10 Å². The molecule has 25 heavy (non-hydrogen) atoms. The number of ether oxygens (including phenoxy) is 2. The SMILES string of the molecule is COc1ccc2c(c1)C(NC[C@@H]1CCCO[C@H]1c1ccnn1C)CC2. The minimum Gasteiger partial charge on any atom is -0.497 e. The maximum atomic E-state index is 6.12. The normalized spacial score (nSPS) is 25.8. The summed E-state index contributed by atoms with van der Waals surface area (Å²) in [4.78, 5) is 0. The van der Waals surface area contributed by atoms with Crippen LogP contribution in [0.3, 0.4) is 0 Å². The van der Waals surface area contributed by atoms with Crippen LogP contribution in [0, 0.1) is 5.92 Å². The molecule has 4 rings (SSSR count). The number of nitrogens with zero attached hydrogens (tertiary/aromatic N) is 2.